The maximum absolute atomic E-state index is 13.3. The van der Waals surface area contributed by atoms with Crippen molar-refractivity contribution in [3.8, 4) is 0 Å². The highest BCUT2D eigenvalue weighted by Crippen LogP contribution is 2.39. The predicted molar refractivity (Wildman–Crippen MR) is 135 cm³/mol. The van der Waals surface area contributed by atoms with Crippen LogP contribution >= 0.6 is 23.2 Å². The lowest BCUT2D eigenvalue weighted by Gasteiger charge is -2.35. The van der Waals surface area contributed by atoms with E-state index in [9.17, 15) is 31.1 Å². The van der Waals surface area contributed by atoms with E-state index < -0.39 is 30.3 Å². The van der Waals surface area contributed by atoms with E-state index in [-0.39, 0.29) is 29.6 Å². The molecule has 1 aromatic heterocycles. The highest BCUT2D eigenvalue weighted by atomic mass is 35.5. The summed E-state index contributed by atoms with van der Waals surface area (Å²) in [5.41, 5.74) is 2.24. The van der Waals surface area contributed by atoms with E-state index in [0.717, 1.165) is 0 Å². The minimum atomic E-state index is -5.09. The minimum absolute atomic E-state index is 0.0616. The van der Waals surface area contributed by atoms with Gasteiger partial charge in [-0.15, -0.1) is 0 Å². The van der Waals surface area contributed by atoms with Crippen molar-refractivity contribution in [3.05, 3.63) is 45.9 Å². The highest BCUT2D eigenvalue weighted by Gasteiger charge is 2.43. The zero-order chi connectivity index (χ0) is 28.7. The fourth-order valence-corrected chi connectivity index (χ4v) is 4.79. The Bertz CT molecular complexity index is 1380. The lowest BCUT2D eigenvalue weighted by molar-refractivity contribution is -0.205. The van der Waals surface area contributed by atoms with Crippen molar-refractivity contribution >= 4 is 57.5 Å². The molecule has 1 aliphatic rings. The molecule has 1 fully saturated rings. The van der Waals surface area contributed by atoms with Crippen LogP contribution in [0.25, 0.3) is 11.0 Å². The molecule has 0 aliphatic carbocycles. The molecule has 3 aromatic rings. The van der Waals surface area contributed by atoms with Crippen LogP contribution in [0.3, 0.4) is 0 Å². The van der Waals surface area contributed by atoms with Crippen molar-refractivity contribution in [2.24, 2.45) is 13.0 Å². The molecule has 4 rings (SSSR count). The molecule has 0 saturated carbocycles. The molecule has 1 amide bonds. The number of carbonyl (C=O) groups is 1. The Balaban J connectivity index is 1.55. The monoisotopic (exact) mass is 597 g/mol. The normalized spacial score (nSPS) is 17.4. The van der Waals surface area contributed by atoms with Gasteiger partial charge in [0.05, 0.1) is 38.4 Å². The van der Waals surface area contributed by atoms with Gasteiger partial charge in [-0.1, -0.05) is 29.3 Å². The SMILES string of the molecule is Cn1c(Nc2cc(CNC(=O)C(O)C(F)(F)F)ccc2Cl)nc2cc(Cl)c(N3CCCC(C(F)(F)F)C3)cc21. The van der Waals surface area contributed by atoms with E-state index in [1.165, 1.54) is 18.2 Å². The van der Waals surface area contributed by atoms with Crippen molar-refractivity contribution in [2.45, 2.75) is 37.8 Å². The molecule has 1 saturated heterocycles. The molecule has 39 heavy (non-hydrogen) atoms. The number of anilines is 3. The van der Waals surface area contributed by atoms with E-state index in [4.69, 9.17) is 28.3 Å². The number of aromatic nitrogens is 2. The van der Waals surface area contributed by atoms with Gasteiger partial charge in [-0.2, -0.15) is 26.3 Å². The number of imidazole rings is 1. The van der Waals surface area contributed by atoms with Crippen molar-refractivity contribution in [3.63, 3.8) is 0 Å². The predicted octanol–water partition coefficient (Wildman–Crippen LogP) is 5.94. The Hall–Kier alpha value is -2.90. The zero-order valence-electron chi connectivity index (χ0n) is 20.3. The Labute approximate surface area is 228 Å². The van der Waals surface area contributed by atoms with Crippen LogP contribution in [0.15, 0.2) is 30.3 Å². The number of carbonyl (C=O) groups excluding carboxylic acids is 1. The lowest BCUT2D eigenvalue weighted by Crippen LogP contribution is -2.43. The number of rotatable bonds is 6. The number of alkyl halides is 6. The number of aliphatic hydroxyl groups is 1. The number of fused-ring (bicyclic) bond motifs is 1. The third-order valence-electron chi connectivity index (χ3n) is 6.48. The van der Waals surface area contributed by atoms with Crippen molar-refractivity contribution in [2.75, 3.05) is 23.3 Å². The molecule has 7 nitrogen and oxygen atoms in total. The van der Waals surface area contributed by atoms with Gasteiger partial charge in [-0.25, -0.2) is 4.98 Å². The number of amides is 1. The summed E-state index contributed by atoms with van der Waals surface area (Å²) >= 11 is 12.7. The Morgan fingerprint density at radius 3 is 2.54 bits per heavy atom. The van der Waals surface area contributed by atoms with Gasteiger partial charge in [-0.05, 0) is 42.7 Å². The Morgan fingerprint density at radius 1 is 1.15 bits per heavy atom. The molecular formula is C24H23Cl2F6N5O2. The molecule has 0 radical (unpaired) electrons. The van der Waals surface area contributed by atoms with Crippen molar-refractivity contribution in [1.29, 1.82) is 0 Å². The second kappa shape index (κ2) is 10.9. The van der Waals surface area contributed by atoms with Crippen LogP contribution in [0.4, 0.5) is 43.7 Å². The summed E-state index contributed by atoms with van der Waals surface area (Å²) in [5, 5.41) is 14.6. The topological polar surface area (TPSA) is 82.4 Å². The first-order chi connectivity index (χ1) is 18.1. The first-order valence-corrected chi connectivity index (χ1v) is 12.5. The fourth-order valence-electron chi connectivity index (χ4n) is 4.35. The van der Waals surface area contributed by atoms with Crippen LogP contribution in [0, 0.1) is 5.92 Å². The number of piperidine rings is 1. The molecule has 2 aromatic carbocycles. The van der Waals surface area contributed by atoms with Gasteiger partial charge in [0.2, 0.25) is 12.1 Å². The van der Waals surface area contributed by atoms with E-state index in [2.05, 4.69) is 10.3 Å². The summed E-state index contributed by atoms with van der Waals surface area (Å²) in [6.07, 6.45) is -12.1. The van der Waals surface area contributed by atoms with Gasteiger partial charge in [0.1, 0.15) is 0 Å². The van der Waals surface area contributed by atoms with Crippen LogP contribution in [0.2, 0.25) is 10.0 Å². The average molecular weight is 598 g/mol. The van der Waals surface area contributed by atoms with Gasteiger partial charge in [0, 0.05) is 26.7 Å². The largest absolute Gasteiger partial charge is 0.423 e. The van der Waals surface area contributed by atoms with Crippen LogP contribution < -0.4 is 15.5 Å². The molecule has 2 unspecified atom stereocenters. The first-order valence-electron chi connectivity index (χ1n) is 11.7. The average Bonchev–Trinajstić information content (AvgIpc) is 3.16. The van der Waals surface area contributed by atoms with E-state index >= 15 is 0 Å². The number of halogens is 8. The smallest absolute Gasteiger partial charge is 0.376 e. The first kappa shape index (κ1) is 29.1. The lowest BCUT2D eigenvalue weighted by atomic mass is 9.97. The number of aryl methyl sites for hydroxylation is 1. The van der Waals surface area contributed by atoms with Gasteiger partial charge in [0.25, 0.3) is 5.91 Å². The van der Waals surface area contributed by atoms with Crippen LogP contribution in [-0.2, 0) is 18.4 Å². The van der Waals surface area contributed by atoms with E-state index in [0.29, 0.717) is 46.9 Å². The summed E-state index contributed by atoms with van der Waals surface area (Å²) < 4.78 is 79.2. The van der Waals surface area contributed by atoms with Crippen LogP contribution in [-0.4, -0.2) is 52.1 Å². The molecule has 0 spiro atoms. The molecular weight excluding hydrogens is 575 g/mol. The molecule has 2 atom stereocenters. The maximum atomic E-state index is 13.3. The maximum Gasteiger partial charge on any atom is 0.423 e. The summed E-state index contributed by atoms with van der Waals surface area (Å²) in [7, 11) is 1.68. The van der Waals surface area contributed by atoms with Gasteiger partial charge >= 0.3 is 12.4 Å². The molecule has 15 heteroatoms. The number of benzene rings is 2. The summed E-state index contributed by atoms with van der Waals surface area (Å²) in [6.45, 7) is -0.0790. The second-order valence-corrected chi connectivity index (χ2v) is 10.0. The van der Waals surface area contributed by atoms with Crippen molar-refractivity contribution in [1.82, 2.24) is 14.9 Å². The summed E-state index contributed by atoms with van der Waals surface area (Å²) in [5.74, 6) is -2.73. The number of nitrogens with one attached hydrogen (secondary N) is 2. The Kier molecular flexibility index (Phi) is 8.16. The molecule has 1 aliphatic heterocycles. The molecule has 3 N–H and O–H groups in total. The molecule has 0 bridgehead atoms. The second-order valence-electron chi connectivity index (χ2n) is 9.21. The van der Waals surface area contributed by atoms with Crippen molar-refractivity contribution < 1.29 is 36.2 Å². The number of hydrogen-bond acceptors (Lipinski definition) is 5. The van der Waals surface area contributed by atoms with Gasteiger partial charge in [0.15, 0.2) is 0 Å². The van der Waals surface area contributed by atoms with E-state index in [1.54, 1.807) is 28.6 Å². The zero-order valence-corrected chi connectivity index (χ0v) is 21.8. The van der Waals surface area contributed by atoms with Crippen LogP contribution in [0.1, 0.15) is 18.4 Å². The number of hydrogen-bond donors (Lipinski definition) is 3. The minimum Gasteiger partial charge on any atom is -0.376 e. The van der Waals surface area contributed by atoms with Crippen LogP contribution in [0.5, 0.6) is 0 Å². The third kappa shape index (κ3) is 6.47. The number of aliphatic hydroxyl groups excluding tert-OH is 1. The summed E-state index contributed by atoms with van der Waals surface area (Å²) in [6, 6.07) is 7.69. The molecule has 212 valence electrons. The van der Waals surface area contributed by atoms with Gasteiger partial charge < -0.3 is 25.2 Å². The standard InChI is InChI=1S/C24H23Cl2F6N5O2/c1-36-19-9-18(37-6-2-3-13(11-37)23(27,28)29)15(26)8-17(19)35-22(36)34-16-7-12(4-5-14(16)25)10-33-21(39)20(38)24(30,31)32/h4-5,7-9,13,20,38H,2-3,6,10-11H2,1H3,(H,33,39)(H,34,35). The summed E-state index contributed by atoms with van der Waals surface area (Å²) in [4.78, 5) is 17.7. The number of nitrogens with zero attached hydrogens (tertiary/aromatic N) is 3. The molecule has 2 heterocycles. The third-order valence-corrected chi connectivity index (χ3v) is 7.11. The van der Waals surface area contributed by atoms with E-state index in [1.807, 2.05) is 5.32 Å². The Morgan fingerprint density at radius 2 is 1.87 bits per heavy atom. The highest BCUT2D eigenvalue weighted by molar-refractivity contribution is 6.34. The quantitative estimate of drug-likeness (QED) is 0.306. The fraction of sp³-hybridized carbons (Fsp3) is 0.417. The van der Waals surface area contributed by atoms with Gasteiger partial charge in [-0.3, -0.25) is 4.79 Å².